The summed E-state index contributed by atoms with van der Waals surface area (Å²) in [5.41, 5.74) is 2.89. The first-order valence-electron chi connectivity index (χ1n) is 8.14. The summed E-state index contributed by atoms with van der Waals surface area (Å²) in [6.45, 7) is 1.52. The van der Waals surface area contributed by atoms with Crippen LogP contribution in [0.25, 0.3) is 16.9 Å². The summed E-state index contributed by atoms with van der Waals surface area (Å²) in [4.78, 5) is 4.24. The molecule has 7 heteroatoms. The molecule has 4 rings (SSSR count). The summed E-state index contributed by atoms with van der Waals surface area (Å²) in [5, 5.41) is 16.5. The van der Waals surface area contributed by atoms with Crippen LogP contribution in [0.15, 0.2) is 36.7 Å². The van der Waals surface area contributed by atoms with Crippen molar-refractivity contribution in [3.63, 3.8) is 0 Å². The summed E-state index contributed by atoms with van der Waals surface area (Å²) in [6, 6.07) is 10.2. The number of hydrogen-bond donors (Lipinski definition) is 1. The van der Waals surface area contributed by atoms with E-state index >= 15 is 0 Å². The molecule has 1 fully saturated rings. The molecule has 1 aliphatic heterocycles. The number of nitriles is 1. The Hall–Kier alpha value is -2.98. The van der Waals surface area contributed by atoms with E-state index in [-0.39, 0.29) is 11.7 Å². The lowest BCUT2D eigenvalue weighted by molar-refractivity contribution is 0.120. The van der Waals surface area contributed by atoms with Crippen LogP contribution in [0.4, 0.5) is 10.1 Å². The molecule has 1 N–H and O–H groups in total. The van der Waals surface area contributed by atoms with E-state index in [2.05, 4.69) is 15.4 Å². The van der Waals surface area contributed by atoms with Crippen LogP contribution in [-0.4, -0.2) is 33.9 Å². The highest BCUT2D eigenvalue weighted by Crippen LogP contribution is 2.26. The SMILES string of the molecule is N#Cc1ccc(-c2cc(NC[C@@H]3CCCO3)cc3ncnn23)cc1F. The lowest BCUT2D eigenvalue weighted by atomic mass is 10.1. The Balaban J connectivity index is 1.70. The van der Waals surface area contributed by atoms with Gasteiger partial charge in [-0.3, -0.25) is 0 Å². The monoisotopic (exact) mass is 337 g/mol. The van der Waals surface area contributed by atoms with Gasteiger partial charge in [0.1, 0.15) is 18.2 Å². The molecule has 1 atom stereocenters. The first-order chi connectivity index (χ1) is 12.2. The van der Waals surface area contributed by atoms with E-state index in [1.807, 2.05) is 18.2 Å². The number of halogens is 1. The van der Waals surface area contributed by atoms with Crippen LogP contribution in [0.2, 0.25) is 0 Å². The largest absolute Gasteiger partial charge is 0.382 e. The minimum absolute atomic E-state index is 0.0197. The third kappa shape index (κ3) is 3.04. The number of nitrogens with zero attached hydrogens (tertiary/aromatic N) is 4. The highest BCUT2D eigenvalue weighted by atomic mass is 19.1. The highest BCUT2D eigenvalue weighted by Gasteiger charge is 2.16. The molecule has 0 aliphatic carbocycles. The van der Waals surface area contributed by atoms with E-state index in [0.717, 1.165) is 25.1 Å². The van der Waals surface area contributed by atoms with Gasteiger partial charge in [0.2, 0.25) is 0 Å². The summed E-state index contributed by atoms with van der Waals surface area (Å²) >= 11 is 0. The van der Waals surface area contributed by atoms with Crippen LogP contribution in [0.3, 0.4) is 0 Å². The predicted octanol–water partition coefficient (Wildman–Crippen LogP) is 3.00. The summed E-state index contributed by atoms with van der Waals surface area (Å²) in [7, 11) is 0. The standard InChI is InChI=1S/C18H16FN5O/c19-16-6-12(3-4-13(16)9-20)17-7-14(8-18-22-11-23-24(17)18)21-10-15-2-1-5-25-15/h3-4,6-8,11,15,21H,1-2,5,10H2/t15-/m0/s1. The molecule has 1 aliphatic rings. The molecule has 0 amide bonds. The number of ether oxygens (including phenoxy) is 1. The van der Waals surface area contributed by atoms with E-state index < -0.39 is 5.82 Å². The molecule has 25 heavy (non-hydrogen) atoms. The van der Waals surface area contributed by atoms with Gasteiger partial charge in [-0.05, 0) is 31.0 Å². The van der Waals surface area contributed by atoms with Crippen LogP contribution in [0.1, 0.15) is 18.4 Å². The Kier molecular flexibility index (Phi) is 4.04. The zero-order valence-corrected chi connectivity index (χ0v) is 13.4. The van der Waals surface area contributed by atoms with Crippen LogP contribution in [-0.2, 0) is 4.74 Å². The summed E-state index contributed by atoms with van der Waals surface area (Å²) < 4.78 is 21.3. The number of aromatic nitrogens is 3. The average molecular weight is 337 g/mol. The minimum Gasteiger partial charge on any atom is -0.382 e. The van der Waals surface area contributed by atoms with Gasteiger partial charge in [0.05, 0.1) is 17.4 Å². The Morgan fingerprint density at radius 3 is 3.04 bits per heavy atom. The molecule has 0 bridgehead atoms. The van der Waals surface area contributed by atoms with E-state index in [1.54, 1.807) is 10.6 Å². The lowest BCUT2D eigenvalue weighted by Gasteiger charge is -2.14. The smallest absolute Gasteiger partial charge is 0.158 e. The molecule has 1 aromatic carbocycles. The second-order valence-corrected chi connectivity index (χ2v) is 5.98. The third-order valence-corrected chi connectivity index (χ3v) is 4.32. The van der Waals surface area contributed by atoms with Crippen molar-refractivity contribution in [2.75, 3.05) is 18.5 Å². The Bertz CT molecular complexity index is 956. The molecule has 3 heterocycles. The molecule has 0 unspecified atom stereocenters. The molecule has 2 aromatic heterocycles. The van der Waals surface area contributed by atoms with Gasteiger partial charge in [0.15, 0.2) is 5.65 Å². The van der Waals surface area contributed by atoms with Gasteiger partial charge in [-0.25, -0.2) is 13.9 Å². The van der Waals surface area contributed by atoms with Gasteiger partial charge in [-0.2, -0.15) is 10.4 Å². The van der Waals surface area contributed by atoms with Crippen molar-refractivity contribution in [1.82, 2.24) is 14.6 Å². The lowest BCUT2D eigenvalue weighted by Crippen LogP contribution is -2.18. The van der Waals surface area contributed by atoms with Crippen LogP contribution in [0, 0.1) is 17.1 Å². The maximum absolute atomic E-state index is 14.0. The minimum atomic E-state index is -0.550. The van der Waals surface area contributed by atoms with E-state index in [0.29, 0.717) is 23.4 Å². The van der Waals surface area contributed by atoms with Crippen molar-refractivity contribution in [3.8, 4) is 17.3 Å². The molecular weight excluding hydrogens is 321 g/mol. The fourth-order valence-electron chi connectivity index (χ4n) is 3.03. The van der Waals surface area contributed by atoms with E-state index in [9.17, 15) is 4.39 Å². The first kappa shape index (κ1) is 15.5. The molecular formula is C18H16FN5O. The summed E-state index contributed by atoms with van der Waals surface area (Å²) in [5.74, 6) is -0.550. The van der Waals surface area contributed by atoms with E-state index in [1.165, 1.54) is 18.5 Å². The Labute approximate surface area is 143 Å². The second kappa shape index (κ2) is 6.49. The quantitative estimate of drug-likeness (QED) is 0.792. The molecule has 126 valence electrons. The maximum atomic E-state index is 14.0. The van der Waals surface area contributed by atoms with Crippen molar-refractivity contribution < 1.29 is 9.13 Å². The zero-order chi connectivity index (χ0) is 17.2. The third-order valence-electron chi connectivity index (χ3n) is 4.32. The number of rotatable bonds is 4. The van der Waals surface area contributed by atoms with Crippen LogP contribution >= 0.6 is 0 Å². The topological polar surface area (TPSA) is 75.2 Å². The fraction of sp³-hybridized carbons (Fsp3) is 0.278. The molecule has 3 aromatic rings. The average Bonchev–Trinajstić information content (AvgIpc) is 3.30. The van der Waals surface area contributed by atoms with E-state index in [4.69, 9.17) is 10.00 Å². The number of hydrogen-bond acceptors (Lipinski definition) is 5. The van der Waals surface area contributed by atoms with Gasteiger partial charge in [-0.15, -0.1) is 0 Å². The van der Waals surface area contributed by atoms with Gasteiger partial charge in [-0.1, -0.05) is 6.07 Å². The number of pyridine rings is 1. The second-order valence-electron chi connectivity index (χ2n) is 5.98. The van der Waals surface area contributed by atoms with Crippen molar-refractivity contribution in [1.29, 1.82) is 5.26 Å². The zero-order valence-electron chi connectivity index (χ0n) is 13.4. The van der Waals surface area contributed by atoms with Crippen molar-refractivity contribution in [2.45, 2.75) is 18.9 Å². The van der Waals surface area contributed by atoms with Crippen LogP contribution < -0.4 is 5.32 Å². The molecule has 6 nitrogen and oxygen atoms in total. The number of benzene rings is 1. The van der Waals surface area contributed by atoms with Crippen molar-refractivity contribution in [3.05, 3.63) is 48.0 Å². The number of fused-ring (bicyclic) bond motifs is 1. The van der Waals surface area contributed by atoms with Gasteiger partial charge >= 0.3 is 0 Å². The highest BCUT2D eigenvalue weighted by molar-refractivity contribution is 5.70. The van der Waals surface area contributed by atoms with Crippen molar-refractivity contribution >= 4 is 11.3 Å². The van der Waals surface area contributed by atoms with Gasteiger partial charge < -0.3 is 10.1 Å². The van der Waals surface area contributed by atoms with Crippen LogP contribution in [0.5, 0.6) is 0 Å². The van der Waals surface area contributed by atoms with Crippen molar-refractivity contribution in [2.24, 2.45) is 0 Å². The molecule has 1 saturated heterocycles. The van der Waals surface area contributed by atoms with Gasteiger partial charge in [0, 0.05) is 30.5 Å². The summed E-state index contributed by atoms with van der Waals surface area (Å²) in [6.07, 6.45) is 3.81. The number of anilines is 1. The maximum Gasteiger partial charge on any atom is 0.158 e. The Morgan fingerprint density at radius 1 is 1.36 bits per heavy atom. The molecule has 0 radical (unpaired) electrons. The first-order valence-corrected chi connectivity index (χ1v) is 8.14. The molecule has 0 saturated carbocycles. The molecule has 0 spiro atoms. The predicted molar refractivity (Wildman–Crippen MR) is 90.6 cm³/mol. The van der Waals surface area contributed by atoms with Gasteiger partial charge in [0.25, 0.3) is 0 Å². The fourth-order valence-corrected chi connectivity index (χ4v) is 3.03. The Morgan fingerprint density at radius 2 is 2.28 bits per heavy atom. The normalized spacial score (nSPS) is 16.9. The number of nitrogens with one attached hydrogen (secondary N) is 1.